The quantitative estimate of drug-likeness (QED) is 0.440. The number of halogens is 2. The molecule has 0 saturated heterocycles. The summed E-state index contributed by atoms with van der Waals surface area (Å²) in [5.41, 5.74) is 0. The van der Waals surface area contributed by atoms with E-state index in [1.165, 1.54) is 0 Å². The standard InChI is InChI=1S/CH2O3.Ca.2ClH.K.2Na.3H2O/c2-1(3)4;;;;;;;;;/h(H2,2,3,4);;2*1H;;;;3*1H2/q;+2;;;3*+1;;;/p-5. The van der Waals surface area contributed by atoms with Crippen molar-refractivity contribution < 1.29 is 167 Å². The van der Waals surface area contributed by atoms with Gasteiger partial charge in [0.05, 0.1) is 0 Å². The first-order valence-electron chi connectivity index (χ1n) is 0.632. The maximum Gasteiger partial charge on any atom is 2.00 e. The summed E-state index contributed by atoms with van der Waals surface area (Å²) in [5.74, 6) is 0. The van der Waals surface area contributed by atoms with Crippen LogP contribution < -0.4 is 140 Å². The molecule has 0 aliphatic heterocycles. The minimum absolute atomic E-state index is 0. The molecule has 0 bridgehead atoms. The van der Waals surface area contributed by atoms with Crippen molar-refractivity contribution in [1.82, 2.24) is 0 Å². The summed E-state index contributed by atoms with van der Waals surface area (Å²) in [5, 5.41) is 15.3. The van der Waals surface area contributed by atoms with Gasteiger partial charge in [-0.2, -0.15) is 0 Å². The van der Waals surface area contributed by atoms with E-state index in [-0.39, 0.29) is 189 Å². The molecule has 0 amide bonds. The van der Waals surface area contributed by atoms with Crippen LogP contribution in [0.25, 0.3) is 0 Å². The number of carboxylic acid groups (broad SMARTS) is 2. The number of hydrogen-bond donors (Lipinski definition) is 1. The van der Waals surface area contributed by atoms with Crippen molar-refractivity contribution in [3.05, 3.63) is 0 Å². The topological polar surface area (TPSA) is 152 Å². The minimum Gasteiger partial charge on any atom is -1.00 e. The Kier molecular flexibility index (Phi) is 450. The van der Waals surface area contributed by atoms with Crippen molar-refractivity contribution in [3.63, 3.8) is 0 Å². The van der Waals surface area contributed by atoms with Gasteiger partial charge in [0.2, 0.25) is 6.16 Å². The van der Waals surface area contributed by atoms with Gasteiger partial charge in [0, 0.05) is 0 Å². The van der Waals surface area contributed by atoms with E-state index in [0.29, 0.717) is 0 Å². The van der Waals surface area contributed by atoms with Crippen LogP contribution in [0.1, 0.15) is 0 Å². The number of hydrogen-bond acceptors (Lipinski definition) is 4. The summed E-state index contributed by atoms with van der Waals surface area (Å²) in [6.07, 6.45) is -2.08. The van der Waals surface area contributed by atoms with E-state index in [1.807, 2.05) is 0 Å². The second-order valence-corrected chi connectivity index (χ2v) is 0.266. The predicted molar refractivity (Wildman–Crippen MR) is 21.3 cm³/mol. The fourth-order valence-corrected chi connectivity index (χ4v) is 0. The largest absolute Gasteiger partial charge is 2.00 e. The van der Waals surface area contributed by atoms with E-state index >= 15 is 0 Å². The van der Waals surface area contributed by atoms with Gasteiger partial charge >= 0.3 is 148 Å². The summed E-state index contributed by atoms with van der Waals surface area (Å²) in [7, 11) is 0. The van der Waals surface area contributed by atoms with Crippen LogP contribution in [0.5, 0.6) is 0 Å². The zero-order valence-electron chi connectivity index (χ0n) is 7.62. The van der Waals surface area contributed by atoms with E-state index < -0.39 is 6.16 Å². The Hall–Kier alpha value is 4.63. The fourth-order valence-electron chi connectivity index (χ4n) is 0. The molecule has 0 unspecified atom stereocenters. The van der Waals surface area contributed by atoms with Crippen molar-refractivity contribution in [3.8, 4) is 0 Å². The van der Waals surface area contributed by atoms with Gasteiger partial charge in [-0.15, -0.1) is 0 Å². The van der Waals surface area contributed by atoms with Crippen molar-refractivity contribution in [2.45, 2.75) is 0 Å². The van der Waals surface area contributed by atoms with Crippen molar-refractivity contribution in [2.24, 2.45) is 0 Å². The molecule has 0 atom stereocenters. The summed E-state index contributed by atoms with van der Waals surface area (Å²) in [6, 6.07) is 0. The van der Waals surface area contributed by atoms with Crippen LogP contribution >= 0.6 is 0 Å². The van der Waals surface area contributed by atoms with E-state index in [1.54, 1.807) is 0 Å². The molecular formula is CH5CaCl2KNa2O6. The van der Waals surface area contributed by atoms with Gasteiger partial charge < -0.3 is 56.3 Å². The molecule has 64 valence electrons. The normalized spacial score (nSPS) is 1.85. The Morgan fingerprint density at radius 2 is 1.08 bits per heavy atom. The fraction of sp³-hybridized carbons (Fsp3) is 0. The molecule has 0 saturated carbocycles. The Balaban J connectivity index is -0.00000000125. The second-order valence-electron chi connectivity index (χ2n) is 0.266. The molecule has 0 radical (unpaired) electrons. The van der Waals surface area contributed by atoms with Gasteiger partial charge in [0.15, 0.2) is 0 Å². The molecule has 0 aromatic heterocycles. The Labute approximate surface area is 205 Å². The summed E-state index contributed by atoms with van der Waals surface area (Å²) >= 11 is 0. The maximum atomic E-state index is 8.44. The Morgan fingerprint density at radius 1 is 1.08 bits per heavy atom. The molecule has 0 spiro atoms. The summed E-state index contributed by atoms with van der Waals surface area (Å²) in [4.78, 5) is 8.44. The molecule has 0 aliphatic carbocycles. The number of rotatable bonds is 0. The predicted octanol–water partition coefficient (Wildman–Crippen LogP) is -17.7. The zero-order chi connectivity index (χ0) is 3.58. The molecule has 5 N–H and O–H groups in total. The molecular weight excluding hydrogens is 304 g/mol. The van der Waals surface area contributed by atoms with Gasteiger partial charge in [-0.1, -0.05) is 0 Å². The number of carbonyl (C=O) groups is 1. The summed E-state index contributed by atoms with van der Waals surface area (Å²) in [6.45, 7) is 0. The van der Waals surface area contributed by atoms with Gasteiger partial charge in [0.1, 0.15) is 0 Å². The first kappa shape index (κ1) is 83.8. The Morgan fingerprint density at radius 3 is 1.08 bits per heavy atom. The van der Waals surface area contributed by atoms with Gasteiger partial charge in [-0.25, -0.2) is 0 Å². The van der Waals surface area contributed by atoms with Crippen LogP contribution in [0.3, 0.4) is 0 Å². The van der Waals surface area contributed by atoms with E-state index in [4.69, 9.17) is 15.0 Å². The van der Waals surface area contributed by atoms with Crippen LogP contribution in [0.2, 0.25) is 0 Å². The average Bonchev–Trinajstić information content (AvgIpc) is 0.811. The summed E-state index contributed by atoms with van der Waals surface area (Å²) < 4.78 is 0. The monoisotopic (exact) mass is 308 g/mol. The third-order valence-corrected chi connectivity index (χ3v) is 0. The molecule has 0 aromatic carbocycles. The van der Waals surface area contributed by atoms with Crippen LogP contribution in [0, 0.1) is 0 Å². The first-order valence-corrected chi connectivity index (χ1v) is 0.632. The third kappa shape index (κ3) is 166. The van der Waals surface area contributed by atoms with Crippen LogP contribution in [-0.2, 0) is 0 Å². The van der Waals surface area contributed by atoms with E-state index in [2.05, 4.69) is 0 Å². The van der Waals surface area contributed by atoms with Gasteiger partial charge in [-0.3, -0.25) is 0 Å². The van der Waals surface area contributed by atoms with Crippen molar-refractivity contribution >= 4 is 43.9 Å². The van der Waals surface area contributed by atoms with E-state index in [9.17, 15) is 0 Å². The van der Waals surface area contributed by atoms with Crippen molar-refractivity contribution in [1.29, 1.82) is 0 Å². The van der Waals surface area contributed by atoms with Gasteiger partial charge in [-0.05, 0) is 0 Å². The van der Waals surface area contributed by atoms with Crippen molar-refractivity contribution in [2.75, 3.05) is 0 Å². The molecule has 12 heteroatoms. The van der Waals surface area contributed by atoms with Crippen LogP contribution in [0.15, 0.2) is 0 Å². The maximum absolute atomic E-state index is 8.44. The molecule has 13 heavy (non-hydrogen) atoms. The molecule has 0 heterocycles. The molecule has 0 aromatic rings. The Bertz CT molecular complexity index is 51.6. The van der Waals surface area contributed by atoms with Gasteiger partial charge in [0.25, 0.3) is 0 Å². The molecule has 0 aliphatic rings. The average molecular weight is 309 g/mol. The minimum atomic E-state index is -2.08. The first-order chi connectivity index (χ1) is 1.73. The molecule has 0 rings (SSSR count). The molecule has 6 nitrogen and oxygen atoms in total. The smallest absolute Gasteiger partial charge is 1.00 e. The second kappa shape index (κ2) is 69.8. The van der Waals surface area contributed by atoms with Crippen LogP contribution in [-0.4, -0.2) is 65.4 Å². The SMILES string of the molecule is O.O=C([O-])O.[Ca+2].[Cl-].[Cl-].[K+].[Na+].[Na+].[OH-].[OH-]. The third-order valence-electron chi connectivity index (χ3n) is 0. The van der Waals surface area contributed by atoms with E-state index in [0.717, 1.165) is 0 Å². The molecule has 0 fully saturated rings. The van der Waals surface area contributed by atoms with Crippen LogP contribution in [0.4, 0.5) is 4.79 Å². The zero-order valence-corrected chi connectivity index (χ0v) is 18.5.